The van der Waals surface area contributed by atoms with Crippen LogP contribution in [0, 0.1) is 17.3 Å². The molecule has 7 unspecified atom stereocenters. The van der Waals surface area contributed by atoms with Gasteiger partial charge in [0.2, 0.25) is 0 Å². The average molecular weight is 248 g/mol. The number of nitrogens with zero attached hydrogens (tertiary/aromatic N) is 1. The summed E-state index contributed by atoms with van der Waals surface area (Å²) in [7, 11) is 0. The first-order valence-corrected chi connectivity index (χ1v) is 8.06. The van der Waals surface area contributed by atoms with Crippen LogP contribution in [0.3, 0.4) is 0 Å². The lowest BCUT2D eigenvalue weighted by atomic mass is 9.50. The van der Waals surface area contributed by atoms with E-state index in [4.69, 9.17) is 4.74 Å². The van der Waals surface area contributed by atoms with Gasteiger partial charge in [-0.2, -0.15) is 0 Å². The molecule has 6 bridgehead atoms. The highest BCUT2D eigenvalue weighted by atomic mass is 16.5. The Bertz CT molecular complexity index is 351. The lowest BCUT2D eigenvalue weighted by molar-refractivity contribution is -0.355. The van der Waals surface area contributed by atoms with Gasteiger partial charge in [-0.15, -0.1) is 0 Å². The van der Waals surface area contributed by atoms with E-state index in [0.29, 0.717) is 23.9 Å². The largest absolute Gasteiger partial charge is 0.359 e. The molecule has 5 saturated heterocycles. The molecule has 6 fully saturated rings. The van der Waals surface area contributed by atoms with Crippen molar-refractivity contribution in [1.29, 1.82) is 0 Å². The van der Waals surface area contributed by atoms with Crippen LogP contribution in [0.2, 0.25) is 0 Å². The van der Waals surface area contributed by atoms with Crippen LogP contribution in [-0.4, -0.2) is 36.5 Å². The standard InChI is InChI=1S/C15H24N2O/c1-5-11-10-4-2-9-17-13(10)18-12(6-1)15(11)7-3-8-16-14(15)17/h10-14,16H,1-9H2. The van der Waals surface area contributed by atoms with E-state index < -0.39 is 0 Å². The third-order valence-corrected chi connectivity index (χ3v) is 6.70. The molecule has 1 N–H and O–H groups in total. The molecule has 100 valence electrons. The smallest absolute Gasteiger partial charge is 0.115 e. The fourth-order valence-corrected chi connectivity index (χ4v) is 6.27. The van der Waals surface area contributed by atoms with Crippen LogP contribution >= 0.6 is 0 Å². The Kier molecular flexibility index (Phi) is 2.07. The lowest BCUT2D eigenvalue weighted by Crippen LogP contribution is -2.80. The molecule has 3 nitrogen and oxygen atoms in total. The molecule has 0 aromatic rings. The summed E-state index contributed by atoms with van der Waals surface area (Å²) >= 11 is 0. The summed E-state index contributed by atoms with van der Waals surface area (Å²) in [6.07, 6.45) is 11.5. The first kappa shape index (κ1) is 10.6. The van der Waals surface area contributed by atoms with Gasteiger partial charge in [0.05, 0.1) is 12.3 Å². The summed E-state index contributed by atoms with van der Waals surface area (Å²) in [6.45, 7) is 2.49. The molecule has 6 rings (SSSR count). The van der Waals surface area contributed by atoms with Gasteiger partial charge < -0.3 is 10.1 Å². The molecule has 5 heterocycles. The van der Waals surface area contributed by atoms with Gasteiger partial charge in [-0.1, -0.05) is 6.42 Å². The van der Waals surface area contributed by atoms with Crippen LogP contribution < -0.4 is 5.32 Å². The molecule has 0 aromatic heterocycles. The van der Waals surface area contributed by atoms with E-state index in [9.17, 15) is 0 Å². The third kappa shape index (κ3) is 1.05. The van der Waals surface area contributed by atoms with Crippen molar-refractivity contribution in [2.75, 3.05) is 13.1 Å². The fraction of sp³-hybridized carbons (Fsp3) is 1.00. The molecule has 1 aliphatic carbocycles. The number of nitrogens with one attached hydrogen (secondary N) is 1. The quantitative estimate of drug-likeness (QED) is 0.709. The summed E-state index contributed by atoms with van der Waals surface area (Å²) in [5.74, 6) is 1.82. The minimum Gasteiger partial charge on any atom is -0.359 e. The topological polar surface area (TPSA) is 24.5 Å². The molecule has 0 aromatic carbocycles. The molecule has 5 aliphatic heterocycles. The van der Waals surface area contributed by atoms with Crippen LogP contribution in [0.5, 0.6) is 0 Å². The SMILES string of the molecule is C1CC2OC3C4CCCN3C3NCCCC23C4C1. The Morgan fingerprint density at radius 2 is 2.11 bits per heavy atom. The Hall–Kier alpha value is -0.120. The van der Waals surface area contributed by atoms with Gasteiger partial charge in [-0.05, 0) is 51.0 Å². The average Bonchev–Trinajstić information content (AvgIpc) is 2.40. The van der Waals surface area contributed by atoms with Crippen LogP contribution in [0.4, 0.5) is 0 Å². The maximum atomic E-state index is 6.57. The number of ether oxygens (including phenoxy) is 1. The highest BCUT2D eigenvalue weighted by molar-refractivity contribution is 5.15. The van der Waals surface area contributed by atoms with E-state index in [2.05, 4.69) is 10.2 Å². The highest BCUT2D eigenvalue weighted by Crippen LogP contribution is 2.63. The summed E-state index contributed by atoms with van der Waals surface area (Å²) in [6, 6.07) is 0. The predicted octanol–water partition coefficient (Wildman–Crippen LogP) is 1.93. The van der Waals surface area contributed by atoms with E-state index in [0.717, 1.165) is 11.8 Å². The monoisotopic (exact) mass is 248 g/mol. The van der Waals surface area contributed by atoms with Gasteiger partial charge in [0, 0.05) is 17.9 Å². The van der Waals surface area contributed by atoms with Crippen LogP contribution in [0.15, 0.2) is 0 Å². The molecule has 7 atom stereocenters. The van der Waals surface area contributed by atoms with Crippen LogP contribution in [0.1, 0.15) is 44.9 Å². The zero-order valence-corrected chi connectivity index (χ0v) is 11.1. The highest BCUT2D eigenvalue weighted by Gasteiger charge is 2.68. The van der Waals surface area contributed by atoms with Crippen molar-refractivity contribution < 1.29 is 4.74 Å². The van der Waals surface area contributed by atoms with Gasteiger partial charge in [-0.25, -0.2) is 0 Å². The van der Waals surface area contributed by atoms with E-state index in [1.165, 1.54) is 58.0 Å². The predicted molar refractivity (Wildman–Crippen MR) is 68.9 cm³/mol. The van der Waals surface area contributed by atoms with Crippen LogP contribution in [-0.2, 0) is 4.74 Å². The van der Waals surface area contributed by atoms with Gasteiger partial charge in [-0.3, -0.25) is 4.90 Å². The molecule has 3 heteroatoms. The Morgan fingerprint density at radius 3 is 3.11 bits per heavy atom. The van der Waals surface area contributed by atoms with Crippen molar-refractivity contribution in [3.63, 3.8) is 0 Å². The Labute approximate surface area is 109 Å². The minimum atomic E-state index is 0.464. The van der Waals surface area contributed by atoms with Crippen molar-refractivity contribution in [2.45, 2.75) is 63.4 Å². The fourth-order valence-electron chi connectivity index (χ4n) is 6.27. The molecule has 0 radical (unpaired) electrons. The lowest BCUT2D eigenvalue weighted by Gasteiger charge is -2.72. The Morgan fingerprint density at radius 1 is 1.11 bits per heavy atom. The number of rotatable bonds is 0. The van der Waals surface area contributed by atoms with Gasteiger partial charge >= 0.3 is 0 Å². The summed E-state index contributed by atoms with van der Waals surface area (Å²) in [4.78, 5) is 2.70. The maximum absolute atomic E-state index is 6.57. The van der Waals surface area contributed by atoms with Crippen molar-refractivity contribution in [3.8, 4) is 0 Å². The van der Waals surface area contributed by atoms with Crippen molar-refractivity contribution >= 4 is 0 Å². The van der Waals surface area contributed by atoms with Crippen molar-refractivity contribution in [1.82, 2.24) is 10.2 Å². The summed E-state index contributed by atoms with van der Waals surface area (Å²) in [5, 5.41) is 3.87. The van der Waals surface area contributed by atoms with Crippen LogP contribution in [0.25, 0.3) is 0 Å². The van der Waals surface area contributed by atoms with Gasteiger partial charge in [0.15, 0.2) is 0 Å². The second-order valence-corrected chi connectivity index (χ2v) is 7.17. The normalized spacial score (nSPS) is 61.3. The second-order valence-electron chi connectivity index (χ2n) is 7.17. The maximum Gasteiger partial charge on any atom is 0.115 e. The molecule has 1 saturated carbocycles. The number of piperidine rings is 3. The minimum absolute atomic E-state index is 0.464. The first-order chi connectivity index (χ1) is 8.91. The molecule has 18 heavy (non-hydrogen) atoms. The molecule has 1 spiro atoms. The third-order valence-electron chi connectivity index (χ3n) is 6.70. The molecular formula is C15H24N2O. The Balaban J connectivity index is 1.66. The number of hydrogen-bond acceptors (Lipinski definition) is 3. The molecule has 0 amide bonds. The zero-order valence-electron chi connectivity index (χ0n) is 11.1. The van der Waals surface area contributed by atoms with Crippen molar-refractivity contribution in [3.05, 3.63) is 0 Å². The second kappa shape index (κ2) is 3.50. The van der Waals surface area contributed by atoms with Gasteiger partial charge in [0.25, 0.3) is 0 Å². The zero-order chi connectivity index (χ0) is 11.7. The number of hydrogen-bond donors (Lipinski definition) is 1. The summed E-state index contributed by atoms with van der Waals surface area (Å²) < 4.78 is 6.57. The van der Waals surface area contributed by atoms with Gasteiger partial charge in [0.1, 0.15) is 6.23 Å². The summed E-state index contributed by atoms with van der Waals surface area (Å²) in [5.41, 5.74) is 0.482. The first-order valence-electron chi connectivity index (χ1n) is 8.06. The van der Waals surface area contributed by atoms with Crippen molar-refractivity contribution in [2.24, 2.45) is 17.3 Å². The van der Waals surface area contributed by atoms with E-state index in [-0.39, 0.29) is 0 Å². The molecule has 6 aliphatic rings. The van der Waals surface area contributed by atoms with E-state index in [1.807, 2.05) is 0 Å². The molecular weight excluding hydrogens is 224 g/mol. The van der Waals surface area contributed by atoms with E-state index in [1.54, 1.807) is 0 Å². The van der Waals surface area contributed by atoms with E-state index >= 15 is 0 Å².